The van der Waals surface area contributed by atoms with Gasteiger partial charge in [-0.1, -0.05) is 33.9 Å². The number of hydrogen-bond donors (Lipinski definition) is 3. The van der Waals surface area contributed by atoms with Crippen LogP contribution in [0.1, 0.15) is 60.8 Å². The molecule has 0 aliphatic rings. The van der Waals surface area contributed by atoms with Gasteiger partial charge in [-0.3, -0.25) is 0 Å². The first-order valence-electron chi connectivity index (χ1n) is 8.87. The molecule has 0 radical (unpaired) electrons. The van der Waals surface area contributed by atoms with E-state index in [1.807, 2.05) is 20.8 Å². The molecule has 0 saturated carbocycles. The molecular formula is C19H41HfO3Si-. The van der Waals surface area contributed by atoms with Crippen molar-refractivity contribution < 1.29 is 41.2 Å². The summed E-state index contributed by atoms with van der Waals surface area (Å²) in [6.45, 7) is 15.9. The summed E-state index contributed by atoms with van der Waals surface area (Å²) < 4.78 is 0. The van der Waals surface area contributed by atoms with Gasteiger partial charge >= 0.3 is 0 Å². The van der Waals surface area contributed by atoms with E-state index in [-0.39, 0.29) is 44.2 Å². The number of aliphatic hydroxyl groups is 3. The summed E-state index contributed by atoms with van der Waals surface area (Å²) in [4.78, 5) is 0. The molecule has 0 spiro atoms. The van der Waals surface area contributed by atoms with Gasteiger partial charge in [0.1, 0.15) is 0 Å². The zero-order valence-electron chi connectivity index (χ0n) is 17.1. The SMILES string of the molecule is CCC(C)O.CCC(C)O.CCC(C)O.C[SiH](C)[c-]1cccc1.[Hf]. The van der Waals surface area contributed by atoms with Gasteiger partial charge in [0.05, 0.1) is 18.3 Å². The van der Waals surface area contributed by atoms with Gasteiger partial charge in [0.2, 0.25) is 0 Å². The van der Waals surface area contributed by atoms with Gasteiger partial charge in [0, 0.05) is 34.6 Å². The molecule has 3 N–H and O–H groups in total. The standard InChI is InChI=1S/C7H11Si.3C4H10O.Hf/c1-8(2)7-5-3-4-6-7;3*1-3-4(2)5;/h3-6,8H,1-2H3;3*4-5H,3H2,1-2H3;/q-1;;;;. The Morgan fingerprint density at radius 2 is 0.958 bits per heavy atom. The van der Waals surface area contributed by atoms with Crippen molar-refractivity contribution in [3.63, 3.8) is 0 Å². The summed E-state index contributed by atoms with van der Waals surface area (Å²) in [5, 5.41) is 26.7. The Kier molecular flexibility index (Phi) is 31.1. The van der Waals surface area contributed by atoms with Crippen molar-refractivity contribution in [2.24, 2.45) is 0 Å². The number of rotatable bonds is 4. The fourth-order valence-corrected chi connectivity index (χ4v) is 1.77. The van der Waals surface area contributed by atoms with Gasteiger partial charge in [-0.15, -0.1) is 0 Å². The van der Waals surface area contributed by atoms with E-state index in [1.165, 1.54) is 0 Å². The van der Waals surface area contributed by atoms with E-state index in [0.29, 0.717) is 0 Å². The van der Waals surface area contributed by atoms with E-state index in [0.717, 1.165) is 19.3 Å². The molecule has 0 amide bonds. The number of hydrogen-bond acceptors (Lipinski definition) is 3. The molecule has 0 aromatic heterocycles. The molecule has 0 saturated heterocycles. The maximum absolute atomic E-state index is 8.36. The molecule has 5 heteroatoms. The monoisotopic (exact) mass is 525 g/mol. The summed E-state index contributed by atoms with van der Waals surface area (Å²) in [5.41, 5.74) is 0. The van der Waals surface area contributed by atoms with Crippen LogP contribution in [0.15, 0.2) is 24.3 Å². The third kappa shape index (κ3) is 33.8. The largest absolute Gasteiger partial charge is 0.393 e. The van der Waals surface area contributed by atoms with Gasteiger partial charge in [0.25, 0.3) is 0 Å². The summed E-state index contributed by atoms with van der Waals surface area (Å²) in [7, 11) is -0.480. The third-order valence-electron chi connectivity index (χ3n) is 3.13. The normalized spacial score (nSPS) is 12.8. The fraction of sp³-hybridized carbons (Fsp3) is 0.737. The van der Waals surface area contributed by atoms with Crippen LogP contribution in [0, 0.1) is 0 Å². The molecular weight excluding hydrogens is 483 g/mol. The molecule has 3 unspecified atom stereocenters. The van der Waals surface area contributed by atoms with Crippen molar-refractivity contribution in [1.29, 1.82) is 0 Å². The summed E-state index contributed by atoms with van der Waals surface area (Å²) >= 11 is 0. The Hall–Kier alpha value is 0.317. The number of aliphatic hydroxyl groups excluding tert-OH is 3. The average Bonchev–Trinajstić information content (AvgIpc) is 3.03. The van der Waals surface area contributed by atoms with Crippen LogP contribution >= 0.6 is 0 Å². The molecule has 0 heterocycles. The Balaban J connectivity index is -0.000000113. The molecule has 0 bridgehead atoms. The molecule has 1 rings (SSSR count). The van der Waals surface area contributed by atoms with Gasteiger partial charge in [-0.25, -0.2) is 12.1 Å². The first-order valence-corrected chi connectivity index (χ1v) is 11.8. The van der Waals surface area contributed by atoms with Gasteiger partial charge < -0.3 is 15.3 Å². The van der Waals surface area contributed by atoms with Crippen LogP contribution in [0.4, 0.5) is 0 Å². The van der Waals surface area contributed by atoms with E-state index in [9.17, 15) is 0 Å². The first-order chi connectivity index (χ1) is 10.6. The van der Waals surface area contributed by atoms with E-state index in [4.69, 9.17) is 15.3 Å². The van der Waals surface area contributed by atoms with Gasteiger partial charge in [-0.2, -0.15) is 17.3 Å². The molecule has 0 aliphatic heterocycles. The van der Waals surface area contributed by atoms with Crippen LogP contribution in [-0.4, -0.2) is 42.4 Å². The van der Waals surface area contributed by atoms with Crippen LogP contribution in [0.2, 0.25) is 13.1 Å². The summed E-state index contributed by atoms with van der Waals surface area (Å²) in [6.07, 6.45) is 2.24. The van der Waals surface area contributed by atoms with Crippen LogP contribution in [-0.2, 0) is 25.8 Å². The molecule has 3 atom stereocenters. The van der Waals surface area contributed by atoms with E-state index in [2.05, 4.69) is 37.4 Å². The van der Waals surface area contributed by atoms with Crippen LogP contribution in [0.5, 0.6) is 0 Å². The van der Waals surface area contributed by atoms with Crippen LogP contribution in [0.25, 0.3) is 0 Å². The zero-order valence-corrected chi connectivity index (χ0v) is 21.8. The predicted molar refractivity (Wildman–Crippen MR) is 106 cm³/mol. The van der Waals surface area contributed by atoms with E-state index < -0.39 is 8.80 Å². The second-order valence-electron chi connectivity index (χ2n) is 6.14. The van der Waals surface area contributed by atoms with Crippen LogP contribution in [0.3, 0.4) is 0 Å². The first kappa shape index (κ1) is 32.0. The maximum atomic E-state index is 8.36. The fourth-order valence-electron chi connectivity index (χ4n) is 0.774. The van der Waals surface area contributed by atoms with Crippen molar-refractivity contribution >= 4 is 14.0 Å². The van der Waals surface area contributed by atoms with Crippen molar-refractivity contribution in [3.8, 4) is 0 Å². The molecule has 0 aliphatic carbocycles. The maximum Gasteiger partial charge on any atom is 0.0509 e. The molecule has 144 valence electrons. The Bertz CT molecular complexity index is 281. The Morgan fingerprint density at radius 3 is 1.04 bits per heavy atom. The summed E-state index contributed by atoms with van der Waals surface area (Å²) in [6, 6.07) is 8.67. The zero-order chi connectivity index (χ0) is 18.8. The molecule has 24 heavy (non-hydrogen) atoms. The smallest absolute Gasteiger partial charge is 0.0509 e. The van der Waals surface area contributed by atoms with Gasteiger partial charge in [-0.05, 0) is 40.0 Å². The minimum absolute atomic E-state index is 0. The molecule has 3 nitrogen and oxygen atoms in total. The summed E-state index contributed by atoms with van der Waals surface area (Å²) in [5.74, 6) is 0. The molecule has 1 aromatic carbocycles. The minimum atomic E-state index is -0.480. The van der Waals surface area contributed by atoms with E-state index >= 15 is 0 Å². The Labute approximate surface area is 171 Å². The van der Waals surface area contributed by atoms with Crippen molar-refractivity contribution in [2.45, 2.75) is 92.2 Å². The minimum Gasteiger partial charge on any atom is -0.393 e. The second-order valence-corrected chi connectivity index (χ2v) is 9.12. The third-order valence-corrected chi connectivity index (χ3v) is 4.85. The van der Waals surface area contributed by atoms with Crippen LogP contribution < -0.4 is 5.19 Å². The van der Waals surface area contributed by atoms with Gasteiger partial charge in [0.15, 0.2) is 0 Å². The average molecular weight is 524 g/mol. The van der Waals surface area contributed by atoms with Crippen molar-refractivity contribution in [2.75, 3.05) is 0 Å². The molecule has 1 aromatic rings. The van der Waals surface area contributed by atoms with Crippen molar-refractivity contribution in [1.82, 2.24) is 0 Å². The quantitative estimate of drug-likeness (QED) is 0.418. The second kappa shape index (κ2) is 23.3. The predicted octanol–water partition coefficient (Wildman–Crippen LogP) is 3.43. The molecule has 0 fully saturated rings. The Morgan fingerprint density at radius 1 is 0.750 bits per heavy atom. The van der Waals surface area contributed by atoms with Crippen molar-refractivity contribution in [3.05, 3.63) is 24.3 Å². The topological polar surface area (TPSA) is 60.7 Å². The van der Waals surface area contributed by atoms with E-state index in [1.54, 1.807) is 26.0 Å².